The van der Waals surface area contributed by atoms with Crippen molar-refractivity contribution in [1.29, 1.82) is 0 Å². The van der Waals surface area contributed by atoms with Crippen molar-refractivity contribution in [2.75, 3.05) is 27.2 Å². The summed E-state index contributed by atoms with van der Waals surface area (Å²) in [6.07, 6.45) is 0. The van der Waals surface area contributed by atoms with Gasteiger partial charge in [-0.15, -0.1) is 12.4 Å². The highest BCUT2D eigenvalue weighted by atomic mass is 35.5. The van der Waals surface area contributed by atoms with Gasteiger partial charge in [-0.05, 0) is 30.2 Å². The van der Waals surface area contributed by atoms with Crippen LogP contribution in [0, 0.1) is 5.41 Å². The van der Waals surface area contributed by atoms with Crippen LogP contribution >= 0.6 is 12.4 Å². The number of sulfonamides is 1. The molecule has 1 rings (SSSR count). The van der Waals surface area contributed by atoms with Gasteiger partial charge in [0.1, 0.15) is 5.75 Å². The van der Waals surface area contributed by atoms with Gasteiger partial charge in [-0.2, -0.15) is 0 Å². The van der Waals surface area contributed by atoms with Crippen molar-refractivity contribution in [2.24, 2.45) is 16.3 Å². The largest absolute Gasteiger partial charge is 0.496 e. The molecule has 0 radical (unpaired) electrons. The van der Waals surface area contributed by atoms with Gasteiger partial charge in [0.25, 0.3) is 5.91 Å². The molecule has 0 aliphatic rings. The van der Waals surface area contributed by atoms with Crippen molar-refractivity contribution in [3.63, 3.8) is 0 Å². The highest BCUT2D eigenvalue weighted by molar-refractivity contribution is 7.89. The number of hydrogen-bond acceptors (Lipinski definition) is 5. The summed E-state index contributed by atoms with van der Waals surface area (Å²) in [7, 11) is -0.859. The maximum atomic E-state index is 12.6. The van der Waals surface area contributed by atoms with Crippen LogP contribution in [-0.2, 0) is 10.0 Å². The van der Waals surface area contributed by atoms with Crippen LogP contribution < -0.4 is 15.6 Å². The van der Waals surface area contributed by atoms with Crippen molar-refractivity contribution in [3.05, 3.63) is 23.8 Å². The average molecular weight is 366 g/mol. The van der Waals surface area contributed by atoms with Gasteiger partial charge in [0.2, 0.25) is 10.0 Å². The summed E-state index contributed by atoms with van der Waals surface area (Å²) in [5.41, 5.74) is 5.56. The average Bonchev–Trinajstić information content (AvgIpc) is 2.44. The first-order valence-electron chi connectivity index (χ1n) is 6.68. The molecule has 0 aromatic heterocycles. The first-order chi connectivity index (χ1) is 10.0. The summed E-state index contributed by atoms with van der Waals surface area (Å²) in [5.74, 6) is -0.0707. The molecule has 0 bridgehead atoms. The number of methoxy groups -OCH3 is 1. The van der Waals surface area contributed by atoms with E-state index < -0.39 is 10.0 Å². The smallest absolute Gasteiger partial charge is 0.257 e. The maximum absolute atomic E-state index is 12.6. The number of nitrogens with zero attached hydrogens (tertiary/aromatic N) is 1. The van der Waals surface area contributed by atoms with Crippen LogP contribution in [0.1, 0.15) is 24.2 Å². The van der Waals surface area contributed by atoms with E-state index in [1.165, 1.54) is 30.2 Å². The van der Waals surface area contributed by atoms with Gasteiger partial charge in [0, 0.05) is 13.6 Å². The van der Waals surface area contributed by atoms with Crippen LogP contribution in [0.3, 0.4) is 0 Å². The molecule has 1 aromatic carbocycles. The first-order valence-corrected chi connectivity index (χ1v) is 8.23. The molecule has 23 heavy (non-hydrogen) atoms. The van der Waals surface area contributed by atoms with E-state index in [1.54, 1.807) is 7.05 Å². The Morgan fingerprint density at radius 3 is 2.35 bits per heavy atom. The molecule has 0 spiro atoms. The molecule has 0 fully saturated rings. The Morgan fingerprint density at radius 1 is 1.35 bits per heavy atom. The first kappa shape index (κ1) is 21.6. The lowest BCUT2D eigenvalue weighted by Gasteiger charge is -2.29. The topological polar surface area (TPSA) is 116 Å². The zero-order valence-electron chi connectivity index (χ0n) is 13.7. The number of primary sulfonamides is 1. The second-order valence-electron chi connectivity index (χ2n) is 5.94. The second kappa shape index (κ2) is 7.96. The zero-order valence-corrected chi connectivity index (χ0v) is 15.3. The summed E-state index contributed by atoms with van der Waals surface area (Å²) >= 11 is 0. The third-order valence-electron chi connectivity index (χ3n) is 3.29. The van der Waals surface area contributed by atoms with Crippen LogP contribution in [0.15, 0.2) is 23.1 Å². The molecule has 0 unspecified atom stereocenters. The highest BCUT2D eigenvalue weighted by Crippen LogP contribution is 2.24. The van der Waals surface area contributed by atoms with Crippen molar-refractivity contribution in [3.8, 4) is 5.75 Å². The SMILES string of the molecule is COc1ccc(S(N)(=O)=O)cc1C(=O)N(C)CC(C)(C)CN.Cl. The molecular weight excluding hydrogens is 342 g/mol. The molecule has 0 aliphatic carbocycles. The number of carbonyl (C=O) groups excluding carboxylic acids is 1. The zero-order chi connectivity index (χ0) is 17.1. The van der Waals surface area contributed by atoms with E-state index in [9.17, 15) is 13.2 Å². The van der Waals surface area contributed by atoms with Crippen LogP contribution in [0.5, 0.6) is 5.75 Å². The van der Waals surface area contributed by atoms with Gasteiger partial charge >= 0.3 is 0 Å². The Kier molecular flexibility index (Phi) is 7.49. The lowest BCUT2D eigenvalue weighted by Crippen LogP contribution is -2.39. The van der Waals surface area contributed by atoms with Crippen LogP contribution in [-0.4, -0.2) is 46.5 Å². The molecule has 7 nitrogen and oxygen atoms in total. The van der Waals surface area contributed by atoms with Crippen molar-refractivity contribution >= 4 is 28.3 Å². The van der Waals surface area contributed by atoms with E-state index >= 15 is 0 Å². The number of benzene rings is 1. The minimum atomic E-state index is -3.90. The van der Waals surface area contributed by atoms with Crippen LogP contribution in [0.25, 0.3) is 0 Å². The van der Waals surface area contributed by atoms with E-state index in [-0.39, 0.29) is 39.9 Å². The fourth-order valence-corrected chi connectivity index (χ4v) is 2.56. The summed E-state index contributed by atoms with van der Waals surface area (Å²) in [6.45, 7) is 4.72. The van der Waals surface area contributed by atoms with Crippen LogP contribution in [0.4, 0.5) is 0 Å². The standard InChI is InChI=1S/C14H23N3O4S.ClH/c1-14(2,8-15)9-17(3)13(18)11-7-10(22(16,19)20)5-6-12(11)21-4;/h5-7H,8-9,15H2,1-4H3,(H2,16,19,20);1H. The molecule has 0 saturated heterocycles. The molecular formula is C14H24ClN3O4S. The minimum absolute atomic E-state index is 0. The van der Waals surface area contributed by atoms with Crippen molar-refractivity contribution in [2.45, 2.75) is 18.7 Å². The molecule has 0 atom stereocenters. The number of ether oxygens (including phenoxy) is 1. The van der Waals surface area contributed by atoms with Gasteiger partial charge in [-0.3, -0.25) is 4.79 Å². The Labute approximate surface area is 143 Å². The molecule has 4 N–H and O–H groups in total. The lowest BCUT2D eigenvalue weighted by atomic mass is 9.93. The van der Waals surface area contributed by atoms with Crippen molar-refractivity contribution in [1.82, 2.24) is 4.90 Å². The molecule has 132 valence electrons. The third-order valence-corrected chi connectivity index (χ3v) is 4.21. The van der Waals surface area contributed by atoms with Gasteiger partial charge < -0.3 is 15.4 Å². The van der Waals surface area contributed by atoms with Gasteiger partial charge in [0.15, 0.2) is 0 Å². The molecule has 0 heterocycles. The quantitative estimate of drug-likeness (QED) is 0.774. The number of nitrogens with two attached hydrogens (primary N) is 2. The number of halogens is 1. The summed E-state index contributed by atoms with van der Waals surface area (Å²) in [6, 6.07) is 3.94. The predicted molar refractivity (Wildman–Crippen MR) is 91.4 cm³/mol. The summed E-state index contributed by atoms with van der Waals surface area (Å²) < 4.78 is 28.0. The molecule has 0 aliphatic heterocycles. The monoisotopic (exact) mass is 365 g/mol. The van der Waals surface area contributed by atoms with Gasteiger partial charge in [-0.25, -0.2) is 13.6 Å². The van der Waals surface area contributed by atoms with E-state index in [0.717, 1.165) is 0 Å². The molecule has 1 aromatic rings. The van der Waals surface area contributed by atoms with Crippen LogP contribution in [0.2, 0.25) is 0 Å². The molecule has 9 heteroatoms. The maximum Gasteiger partial charge on any atom is 0.257 e. The molecule has 1 amide bonds. The Morgan fingerprint density at radius 2 is 1.91 bits per heavy atom. The van der Waals surface area contributed by atoms with Gasteiger partial charge in [-0.1, -0.05) is 13.8 Å². The van der Waals surface area contributed by atoms with Crippen molar-refractivity contribution < 1.29 is 17.9 Å². The Hall–Kier alpha value is -1.35. The third kappa shape index (κ3) is 5.65. The number of carbonyl (C=O) groups is 1. The Bertz CT molecular complexity index is 662. The summed E-state index contributed by atoms with van der Waals surface area (Å²) in [4.78, 5) is 13.9. The predicted octanol–water partition coefficient (Wildman–Crippen LogP) is 0.821. The normalized spacial score (nSPS) is 11.6. The van der Waals surface area contributed by atoms with E-state index in [0.29, 0.717) is 13.1 Å². The fourth-order valence-electron chi connectivity index (χ4n) is 2.02. The second-order valence-corrected chi connectivity index (χ2v) is 7.50. The van der Waals surface area contributed by atoms with E-state index in [2.05, 4.69) is 0 Å². The fraction of sp³-hybridized carbons (Fsp3) is 0.500. The molecule has 0 saturated carbocycles. The lowest BCUT2D eigenvalue weighted by molar-refractivity contribution is 0.0737. The summed E-state index contributed by atoms with van der Waals surface area (Å²) in [5, 5.41) is 5.11. The van der Waals surface area contributed by atoms with Gasteiger partial charge in [0.05, 0.1) is 17.6 Å². The highest BCUT2D eigenvalue weighted by Gasteiger charge is 2.25. The Balaban J connectivity index is 0.00000484. The number of rotatable bonds is 6. The minimum Gasteiger partial charge on any atom is -0.496 e. The number of amides is 1. The van der Waals surface area contributed by atoms with E-state index in [1.807, 2.05) is 13.8 Å². The van der Waals surface area contributed by atoms with E-state index in [4.69, 9.17) is 15.6 Å². The number of hydrogen-bond donors (Lipinski definition) is 2.